The number of rotatable bonds is 7. The van der Waals surface area contributed by atoms with Gasteiger partial charge < -0.3 is 14.7 Å². The third kappa shape index (κ3) is 3.71. The van der Waals surface area contributed by atoms with E-state index in [0.29, 0.717) is 19.1 Å². The topological polar surface area (TPSA) is 73.8 Å². The number of nitrogens with one attached hydrogen (secondary N) is 2. The molecule has 2 aliphatic rings. The molecule has 4 atom stereocenters. The number of hydrogen-bond donors (Lipinski definition) is 3. The van der Waals surface area contributed by atoms with E-state index in [2.05, 4.69) is 49.0 Å². The molecule has 6 nitrogen and oxygen atoms in total. The minimum absolute atomic E-state index is 0.0294. The number of hydrazine groups is 1. The normalized spacial score (nSPS) is 25.9. The van der Waals surface area contributed by atoms with Crippen molar-refractivity contribution in [2.75, 3.05) is 20.3 Å². The molecule has 0 aliphatic carbocycles. The lowest BCUT2D eigenvalue weighted by molar-refractivity contribution is -0.131. The summed E-state index contributed by atoms with van der Waals surface area (Å²) in [5.74, 6) is 0.771. The smallest absolute Gasteiger partial charge is 0.242 e. The van der Waals surface area contributed by atoms with Gasteiger partial charge in [0.25, 0.3) is 0 Å². The summed E-state index contributed by atoms with van der Waals surface area (Å²) in [7, 11) is 1.68. The lowest BCUT2D eigenvalue weighted by atomic mass is 9.82. The van der Waals surface area contributed by atoms with Crippen LogP contribution in [0.5, 0.6) is 5.75 Å². The van der Waals surface area contributed by atoms with Gasteiger partial charge in [0.1, 0.15) is 11.8 Å². The number of amides is 1. The highest BCUT2D eigenvalue weighted by Crippen LogP contribution is 2.48. The van der Waals surface area contributed by atoms with Crippen LogP contribution in [0.2, 0.25) is 0 Å². The largest absolute Gasteiger partial charge is 0.508 e. The zero-order chi connectivity index (χ0) is 21.3. The fourth-order valence-electron chi connectivity index (χ4n) is 4.82. The molecule has 2 heterocycles. The Morgan fingerprint density at radius 3 is 2.43 bits per heavy atom. The third-order valence-corrected chi connectivity index (χ3v) is 6.38. The minimum Gasteiger partial charge on any atom is -0.508 e. The molecule has 0 spiro atoms. The molecular weight excluding hydrogens is 378 g/mol. The van der Waals surface area contributed by atoms with Crippen LogP contribution in [0.25, 0.3) is 0 Å². The molecular formula is C24H31N3O3. The van der Waals surface area contributed by atoms with Gasteiger partial charge in [-0.3, -0.25) is 4.79 Å². The Bertz CT molecular complexity index is 884. The van der Waals surface area contributed by atoms with Crippen LogP contribution in [0, 0.1) is 5.92 Å². The molecule has 2 aromatic carbocycles. The first-order valence-electron chi connectivity index (χ1n) is 10.7. The number of methoxy groups -OCH3 is 1. The van der Waals surface area contributed by atoms with E-state index in [1.165, 1.54) is 5.56 Å². The Hall–Kier alpha value is -2.41. The lowest BCUT2D eigenvalue weighted by Crippen LogP contribution is -2.41. The maximum Gasteiger partial charge on any atom is 0.242 e. The average Bonchev–Trinajstić information content (AvgIpc) is 3.28. The number of para-hydroxylation sites is 1. The summed E-state index contributed by atoms with van der Waals surface area (Å²) in [6, 6.07) is 15.4. The standard InChI is InChI=1S/C24H31N3O3/c1-15(2)16-9-11-17(12-10-16)23-20-21(18-7-4-5-8-19(18)28)25-26-22(20)24(29)27(23)13-6-14-30-3/h4-5,7-12,15,20-23,25-26,28H,6,13-14H2,1-3H3. The SMILES string of the molecule is COCCCN1C(=O)C2NNC(c3ccccc3O)C2C1c1ccc(C(C)C)cc1. The molecule has 2 fully saturated rings. The van der Waals surface area contributed by atoms with Crippen molar-refractivity contribution in [1.29, 1.82) is 0 Å². The molecule has 30 heavy (non-hydrogen) atoms. The summed E-state index contributed by atoms with van der Waals surface area (Å²) in [5.41, 5.74) is 9.72. The van der Waals surface area contributed by atoms with Crippen LogP contribution in [-0.2, 0) is 9.53 Å². The molecule has 4 rings (SSSR count). The monoisotopic (exact) mass is 409 g/mol. The number of hydrogen-bond acceptors (Lipinski definition) is 5. The summed E-state index contributed by atoms with van der Waals surface area (Å²) < 4.78 is 5.22. The molecule has 160 valence electrons. The van der Waals surface area contributed by atoms with Crippen molar-refractivity contribution >= 4 is 5.91 Å². The first kappa shape index (κ1) is 20.8. The molecule has 0 radical (unpaired) electrons. The van der Waals surface area contributed by atoms with E-state index >= 15 is 0 Å². The van der Waals surface area contributed by atoms with Crippen molar-refractivity contribution in [3.63, 3.8) is 0 Å². The molecule has 2 saturated heterocycles. The van der Waals surface area contributed by atoms with Crippen molar-refractivity contribution in [2.24, 2.45) is 5.92 Å². The Morgan fingerprint density at radius 2 is 1.77 bits per heavy atom. The molecule has 4 unspecified atom stereocenters. The number of nitrogens with zero attached hydrogens (tertiary/aromatic N) is 1. The van der Waals surface area contributed by atoms with Crippen molar-refractivity contribution in [2.45, 2.75) is 44.3 Å². The summed E-state index contributed by atoms with van der Waals surface area (Å²) >= 11 is 0. The van der Waals surface area contributed by atoms with Gasteiger partial charge in [0.2, 0.25) is 5.91 Å². The van der Waals surface area contributed by atoms with Crippen LogP contribution in [0.3, 0.4) is 0 Å². The number of likely N-dealkylation sites (tertiary alicyclic amines) is 1. The van der Waals surface area contributed by atoms with E-state index in [0.717, 1.165) is 17.5 Å². The highest BCUT2D eigenvalue weighted by Gasteiger charge is 2.55. The van der Waals surface area contributed by atoms with Crippen LogP contribution in [0.15, 0.2) is 48.5 Å². The number of phenols is 1. The number of carbonyl (C=O) groups excluding carboxylic acids is 1. The van der Waals surface area contributed by atoms with E-state index in [1.807, 2.05) is 23.1 Å². The number of aromatic hydroxyl groups is 1. The zero-order valence-corrected chi connectivity index (χ0v) is 17.8. The second-order valence-corrected chi connectivity index (χ2v) is 8.52. The average molecular weight is 410 g/mol. The quantitative estimate of drug-likeness (QED) is 0.612. The van der Waals surface area contributed by atoms with Crippen molar-refractivity contribution < 1.29 is 14.6 Å². The molecule has 3 N–H and O–H groups in total. The van der Waals surface area contributed by atoms with Gasteiger partial charge in [-0.2, -0.15) is 0 Å². The predicted molar refractivity (Wildman–Crippen MR) is 116 cm³/mol. The van der Waals surface area contributed by atoms with Crippen molar-refractivity contribution in [1.82, 2.24) is 15.8 Å². The van der Waals surface area contributed by atoms with Gasteiger partial charge in [0, 0.05) is 31.7 Å². The van der Waals surface area contributed by atoms with Gasteiger partial charge in [-0.05, 0) is 29.5 Å². The Morgan fingerprint density at radius 1 is 1.07 bits per heavy atom. The number of phenolic OH excluding ortho intramolecular Hbond substituents is 1. The van der Waals surface area contributed by atoms with Gasteiger partial charge in [-0.25, -0.2) is 10.9 Å². The number of fused-ring (bicyclic) bond motifs is 1. The van der Waals surface area contributed by atoms with E-state index < -0.39 is 0 Å². The van der Waals surface area contributed by atoms with Crippen LogP contribution >= 0.6 is 0 Å². The van der Waals surface area contributed by atoms with Crippen LogP contribution < -0.4 is 10.9 Å². The van der Waals surface area contributed by atoms with Crippen molar-refractivity contribution in [3.8, 4) is 5.75 Å². The summed E-state index contributed by atoms with van der Waals surface area (Å²) in [6.07, 6.45) is 0.789. The van der Waals surface area contributed by atoms with Crippen molar-refractivity contribution in [3.05, 3.63) is 65.2 Å². The van der Waals surface area contributed by atoms with E-state index in [1.54, 1.807) is 13.2 Å². The second kappa shape index (κ2) is 8.76. The summed E-state index contributed by atoms with van der Waals surface area (Å²) in [4.78, 5) is 15.3. The predicted octanol–water partition coefficient (Wildman–Crippen LogP) is 3.27. The lowest BCUT2D eigenvalue weighted by Gasteiger charge is -2.31. The molecule has 6 heteroatoms. The fourth-order valence-corrected chi connectivity index (χ4v) is 4.82. The van der Waals surface area contributed by atoms with E-state index in [4.69, 9.17) is 4.74 Å². The van der Waals surface area contributed by atoms with Crippen LogP contribution in [0.1, 0.15) is 55.0 Å². The molecule has 1 amide bonds. The highest BCUT2D eigenvalue weighted by atomic mass is 16.5. The molecule has 2 aliphatic heterocycles. The molecule has 2 aromatic rings. The van der Waals surface area contributed by atoms with Gasteiger partial charge >= 0.3 is 0 Å². The first-order chi connectivity index (χ1) is 14.5. The minimum atomic E-state index is -0.327. The number of benzene rings is 2. The third-order valence-electron chi connectivity index (χ3n) is 6.38. The maximum atomic E-state index is 13.3. The van der Waals surface area contributed by atoms with Gasteiger partial charge in [0.05, 0.1) is 12.1 Å². The number of ether oxygens (including phenoxy) is 1. The Kier molecular flexibility index (Phi) is 6.09. The van der Waals surface area contributed by atoms with Gasteiger partial charge in [0.15, 0.2) is 0 Å². The molecule has 0 saturated carbocycles. The van der Waals surface area contributed by atoms with E-state index in [-0.39, 0.29) is 35.7 Å². The van der Waals surface area contributed by atoms with Gasteiger partial charge in [-0.15, -0.1) is 0 Å². The Labute approximate surface area is 178 Å². The van der Waals surface area contributed by atoms with Crippen LogP contribution in [0.4, 0.5) is 0 Å². The maximum absolute atomic E-state index is 13.3. The number of carbonyl (C=O) groups is 1. The zero-order valence-electron chi connectivity index (χ0n) is 17.8. The molecule has 0 bridgehead atoms. The van der Waals surface area contributed by atoms with E-state index in [9.17, 15) is 9.90 Å². The second-order valence-electron chi connectivity index (χ2n) is 8.52. The Balaban J connectivity index is 1.72. The van der Waals surface area contributed by atoms with Gasteiger partial charge in [-0.1, -0.05) is 56.3 Å². The highest BCUT2D eigenvalue weighted by molar-refractivity contribution is 5.86. The first-order valence-corrected chi connectivity index (χ1v) is 10.7. The molecule has 0 aromatic heterocycles. The van der Waals surface area contributed by atoms with Crippen LogP contribution in [-0.4, -0.2) is 42.2 Å². The summed E-state index contributed by atoms with van der Waals surface area (Å²) in [6.45, 7) is 5.62. The fraction of sp³-hybridized carbons (Fsp3) is 0.458. The summed E-state index contributed by atoms with van der Waals surface area (Å²) in [5, 5.41) is 10.5.